The number of hydrogen-bond acceptors (Lipinski definition) is 4. The average molecular weight is 370 g/mol. The maximum Gasteiger partial charge on any atom is 0.191 e. The Labute approximate surface area is 161 Å². The zero-order chi connectivity index (χ0) is 18.9. The van der Waals surface area contributed by atoms with Crippen LogP contribution in [-0.2, 0) is 6.54 Å². The third-order valence-electron chi connectivity index (χ3n) is 5.12. The van der Waals surface area contributed by atoms with Crippen molar-refractivity contribution in [3.05, 3.63) is 36.2 Å². The molecule has 3 rings (SSSR count). The smallest absolute Gasteiger partial charge is 0.191 e. The van der Waals surface area contributed by atoms with Gasteiger partial charge in [-0.05, 0) is 56.4 Å². The predicted octanol–water partition coefficient (Wildman–Crippen LogP) is 2.26. The first-order valence-corrected chi connectivity index (χ1v) is 9.86. The van der Waals surface area contributed by atoms with Gasteiger partial charge in [-0.3, -0.25) is 10.1 Å². The van der Waals surface area contributed by atoms with E-state index < -0.39 is 0 Å². The lowest BCUT2D eigenvalue weighted by molar-refractivity contribution is 0.191. The number of guanidine groups is 1. The molecule has 146 valence electrons. The van der Waals surface area contributed by atoms with Crippen LogP contribution in [-0.4, -0.2) is 59.3 Å². The molecule has 0 spiro atoms. The number of nitrogens with one attached hydrogen (secondary N) is 3. The van der Waals surface area contributed by atoms with Crippen molar-refractivity contribution in [2.24, 2.45) is 10.9 Å². The minimum Gasteiger partial charge on any atom is -0.356 e. The van der Waals surface area contributed by atoms with Gasteiger partial charge in [-0.25, -0.2) is 4.98 Å². The largest absolute Gasteiger partial charge is 0.356 e. The van der Waals surface area contributed by atoms with Crippen molar-refractivity contribution in [2.75, 3.05) is 33.2 Å². The zero-order valence-electron chi connectivity index (χ0n) is 16.4. The molecule has 2 aromatic rings. The summed E-state index contributed by atoms with van der Waals surface area (Å²) < 4.78 is 0. The Morgan fingerprint density at radius 3 is 2.89 bits per heavy atom. The van der Waals surface area contributed by atoms with Crippen LogP contribution < -0.4 is 10.6 Å². The Hall–Kier alpha value is -2.41. The van der Waals surface area contributed by atoms with Crippen LogP contribution in [0.4, 0.5) is 0 Å². The number of hydrogen-bond donors (Lipinski definition) is 3. The molecule has 1 aliphatic heterocycles. The lowest BCUT2D eigenvalue weighted by Gasteiger charge is -2.30. The summed E-state index contributed by atoms with van der Waals surface area (Å²) in [5.41, 5.74) is 2.21. The van der Waals surface area contributed by atoms with Crippen molar-refractivity contribution < 1.29 is 0 Å². The predicted molar refractivity (Wildman–Crippen MR) is 109 cm³/mol. The van der Waals surface area contributed by atoms with Crippen LogP contribution in [0.2, 0.25) is 0 Å². The third-order valence-corrected chi connectivity index (χ3v) is 5.12. The lowest BCUT2D eigenvalue weighted by Crippen LogP contribution is -2.39. The minimum atomic E-state index is 0.714. The van der Waals surface area contributed by atoms with E-state index in [1.165, 1.54) is 37.8 Å². The van der Waals surface area contributed by atoms with Crippen LogP contribution >= 0.6 is 0 Å². The van der Waals surface area contributed by atoms with Crippen LogP contribution in [0.3, 0.4) is 0 Å². The van der Waals surface area contributed by atoms with Gasteiger partial charge >= 0.3 is 0 Å². The third kappa shape index (κ3) is 6.06. The summed E-state index contributed by atoms with van der Waals surface area (Å²) in [7, 11) is 1.81. The van der Waals surface area contributed by atoms with Gasteiger partial charge in [0.1, 0.15) is 6.33 Å². The van der Waals surface area contributed by atoms with E-state index >= 15 is 0 Å². The Kier molecular flexibility index (Phi) is 7.21. The molecule has 7 nitrogen and oxygen atoms in total. The first-order chi connectivity index (χ1) is 13.2. The first kappa shape index (κ1) is 19.4. The van der Waals surface area contributed by atoms with E-state index in [2.05, 4.69) is 54.8 Å². The molecule has 1 aliphatic rings. The minimum absolute atomic E-state index is 0.714. The number of rotatable bonds is 7. The Morgan fingerprint density at radius 1 is 1.30 bits per heavy atom. The summed E-state index contributed by atoms with van der Waals surface area (Å²) in [6, 6.07) is 8.26. The maximum absolute atomic E-state index is 4.32. The summed E-state index contributed by atoms with van der Waals surface area (Å²) >= 11 is 0. The summed E-state index contributed by atoms with van der Waals surface area (Å²) in [6.45, 7) is 7.66. The van der Waals surface area contributed by atoms with E-state index in [9.17, 15) is 0 Å². The SMILES string of the molecule is CN=C(NCCCN1CCC(C)CC1)NCc1cccc(-c2ncn[nH]2)c1. The lowest BCUT2D eigenvalue weighted by atomic mass is 9.99. The van der Waals surface area contributed by atoms with Crippen molar-refractivity contribution in [3.8, 4) is 11.4 Å². The monoisotopic (exact) mass is 369 g/mol. The van der Waals surface area contributed by atoms with Gasteiger partial charge in [-0.1, -0.05) is 25.1 Å². The molecule has 7 heteroatoms. The van der Waals surface area contributed by atoms with Gasteiger partial charge in [0.05, 0.1) is 0 Å². The van der Waals surface area contributed by atoms with Gasteiger partial charge in [-0.15, -0.1) is 0 Å². The second-order valence-corrected chi connectivity index (χ2v) is 7.26. The van der Waals surface area contributed by atoms with E-state index in [-0.39, 0.29) is 0 Å². The number of piperidine rings is 1. The van der Waals surface area contributed by atoms with Gasteiger partial charge in [-0.2, -0.15) is 5.10 Å². The van der Waals surface area contributed by atoms with E-state index in [4.69, 9.17) is 0 Å². The summed E-state index contributed by atoms with van der Waals surface area (Å²) in [5, 5.41) is 13.6. The molecule has 0 atom stereocenters. The molecule has 0 bridgehead atoms. The van der Waals surface area contributed by atoms with E-state index in [0.29, 0.717) is 6.54 Å². The Balaban J connectivity index is 1.38. The first-order valence-electron chi connectivity index (χ1n) is 9.86. The molecular weight excluding hydrogens is 338 g/mol. The van der Waals surface area contributed by atoms with Crippen LogP contribution in [0.1, 0.15) is 31.7 Å². The number of aromatic nitrogens is 3. The second kappa shape index (κ2) is 10.1. The highest BCUT2D eigenvalue weighted by Gasteiger charge is 2.14. The number of likely N-dealkylation sites (tertiary alicyclic amines) is 1. The quantitative estimate of drug-likeness (QED) is 0.396. The molecule has 1 aromatic carbocycles. The fourth-order valence-corrected chi connectivity index (χ4v) is 3.37. The maximum atomic E-state index is 4.32. The van der Waals surface area contributed by atoms with Crippen molar-refractivity contribution in [1.82, 2.24) is 30.7 Å². The van der Waals surface area contributed by atoms with E-state index in [1.807, 2.05) is 19.2 Å². The number of aromatic amines is 1. The molecule has 1 saturated heterocycles. The summed E-state index contributed by atoms with van der Waals surface area (Å²) in [4.78, 5) is 11.1. The normalized spacial score (nSPS) is 16.4. The van der Waals surface area contributed by atoms with Gasteiger partial charge in [0.2, 0.25) is 0 Å². The number of benzene rings is 1. The van der Waals surface area contributed by atoms with Crippen molar-refractivity contribution in [3.63, 3.8) is 0 Å². The Bertz CT molecular complexity index is 703. The van der Waals surface area contributed by atoms with Crippen LogP contribution in [0.25, 0.3) is 11.4 Å². The number of H-pyrrole nitrogens is 1. The topological polar surface area (TPSA) is 81.2 Å². The number of aliphatic imine (C=N–C) groups is 1. The van der Waals surface area contributed by atoms with Crippen LogP contribution in [0, 0.1) is 5.92 Å². The van der Waals surface area contributed by atoms with Crippen molar-refractivity contribution in [1.29, 1.82) is 0 Å². The van der Waals surface area contributed by atoms with Gasteiger partial charge in [0, 0.05) is 25.7 Å². The van der Waals surface area contributed by atoms with E-state index in [0.717, 1.165) is 42.8 Å². The number of nitrogens with zero attached hydrogens (tertiary/aromatic N) is 4. The highest BCUT2D eigenvalue weighted by Crippen LogP contribution is 2.16. The van der Waals surface area contributed by atoms with Crippen molar-refractivity contribution in [2.45, 2.75) is 32.7 Å². The van der Waals surface area contributed by atoms with Crippen LogP contribution in [0.5, 0.6) is 0 Å². The average Bonchev–Trinajstić information content (AvgIpc) is 3.24. The fraction of sp³-hybridized carbons (Fsp3) is 0.550. The molecule has 27 heavy (non-hydrogen) atoms. The van der Waals surface area contributed by atoms with Gasteiger partial charge in [0.25, 0.3) is 0 Å². The van der Waals surface area contributed by atoms with Crippen LogP contribution in [0.15, 0.2) is 35.6 Å². The zero-order valence-corrected chi connectivity index (χ0v) is 16.4. The fourth-order valence-electron chi connectivity index (χ4n) is 3.37. The standard InChI is InChI=1S/C20H31N7/c1-16-7-11-27(12-8-16)10-4-9-22-20(21-2)23-14-17-5-3-6-18(13-17)19-24-15-25-26-19/h3,5-6,13,15-16H,4,7-12,14H2,1-2H3,(H2,21,22,23)(H,24,25,26). The van der Waals surface area contributed by atoms with E-state index in [1.54, 1.807) is 0 Å². The van der Waals surface area contributed by atoms with Crippen molar-refractivity contribution >= 4 is 5.96 Å². The molecule has 0 amide bonds. The molecule has 3 N–H and O–H groups in total. The van der Waals surface area contributed by atoms with Gasteiger partial charge < -0.3 is 15.5 Å². The molecule has 0 aliphatic carbocycles. The summed E-state index contributed by atoms with van der Waals surface area (Å²) in [6.07, 6.45) is 5.33. The molecule has 0 saturated carbocycles. The second-order valence-electron chi connectivity index (χ2n) is 7.26. The Morgan fingerprint density at radius 2 is 2.15 bits per heavy atom. The molecule has 2 heterocycles. The molecule has 0 unspecified atom stereocenters. The highest BCUT2D eigenvalue weighted by atomic mass is 15.2. The van der Waals surface area contributed by atoms with Gasteiger partial charge in [0.15, 0.2) is 11.8 Å². The highest BCUT2D eigenvalue weighted by molar-refractivity contribution is 5.79. The summed E-state index contributed by atoms with van der Waals surface area (Å²) in [5.74, 6) is 2.52. The molecule has 1 aromatic heterocycles. The molecule has 1 fully saturated rings. The molecule has 0 radical (unpaired) electrons. The molecular formula is C20H31N7.